The Morgan fingerprint density at radius 1 is 1.08 bits per heavy atom. The van der Waals surface area contributed by atoms with Gasteiger partial charge >= 0.3 is 0 Å². The van der Waals surface area contributed by atoms with Crippen molar-refractivity contribution < 1.29 is 22.7 Å². The minimum atomic E-state index is -3.72. The smallest absolute Gasteiger partial charge is 0.240 e. The summed E-state index contributed by atoms with van der Waals surface area (Å²) in [6.07, 6.45) is 0.0681. The van der Waals surface area contributed by atoms with E-state index in [4.69, 9.17) is 9.47 Å². The molecule has 0 aliphatic carbocycles. The quantitative estimate of drug-likeness (QED) is 0.484. The SMILES string of the molecule is CCNCCNC(=O)CCNS(=O)(=O)c1ccc(OC)c(OC)c1. The summed E-state index contributed by atoms with van der Waals surface area (Å²) < 4.78 is 37.0. The van der Waals surface area contributed by atoms with Crippen LogP contribution in [-0.2, 0) is 14.8 Å². The van der Waals surface area contributed by atoms with Crippen LogP contribution >= 0.6 is 0 Å². The summed E-state index contributed by atoms with van der Waals surface area (Å²) >= 11 is 0. The van der Waals surface area contributed by atoms with Crippen LogP contribution in [0.3, 0.4) is 0 Å². The number of hydrogen-bond donors (Lipinski definition) is 3. The van der Waals surface area contributed by atoms with Gasteiger partial charge in [-0.1, -0.05) is 6.92 Å². The third kappa shape index (κ3) is 6.34. The molecule has 0 heterocycles. The number of amides is 1. The van der Waals surface area contributed by atoms with Gasteiger partial charge in [0, 0.05) is 32.1 Å². The Balaban J connectivity index is 2.53. The second-order valence-corrected chi connectivity index (χ2v) is 6.64. The zero-order chi connectivity index (χ0) is 18.0. The fourth-order valence-electron chi connectivity index (χ4n) is 1.92. The Hall–Kier alpha value is -1.84. The van der Waals surface area contributed by atoms with Crippen LogP contribution in [0.1, 0.15) is 13.3 Å². The molecule has 1 rings (SSSR count). The number of rotatable bonds is 11. The van der Waals surface area contributed by atoms with Crippen LogP contribution in [0.2, 0.25) is 0 Å². The molecule has 0 saturated carbocycles. The fourth-order valence-corrected chi connectivity index (χ4v) is 2.97. The number of ether oxygens (including phenoxy) is 2. The molecule has 9 heteroatoms. The third-order valence-electron chi connectivity index (χ3n) is 3.18. The predicted octanol–water partition coefficient (Wildman–Crippen LogP) is 0.0979. The zero-order valence-electron chi connectivity index (χ0n) is 14.2. The second-order valence-electron chi connectivity index (χ2n) is 4.87. The Morgan fingerprint density at radius 3 is 2.42 bits per heavy atom. The molecule has 0 saturated heterocycles. The molecule has 0 bridgehead atoms. The first-order chi connectivity index (χ1) is 11.4. The lowest BCUT2D eigenvalue weighted by atomic mass is 10.3. The number of carbonyl (C=O) groups excluding carboxylic acids is 1. The molecule has 0 aliphatic heterocycles. The minimum Gasteiger partial charge on any atom is -0.493 e. The van der Waals surface area contributed by atoms with Gasteiger partial charge < -0.3 is 20.1 Å². The van der Waals surface area contributed by atoms with Crippen LogP contribution in [0.5, 0.6) is 11.5 Å². The van der Waals surface area contributed by atoms with Gasteiger partial charge in [0.1, 0.15) is 0 Å². The molecule has 0 aromatic heterocycles. The van der Waals surface area contributed by atoms with Gasteiger partial charge in [0.15, 0.2) is 11.5 Å². The van der Waals surface area contributed by atoms with Crippen molar-refractivity contribution >= 4 is 15.9 Å². The average molecular weight is 359 g/mol. The van der Waals surface area contributed by atoms with Crippen LogP contribution < -0.4 is 24.8 Å². The van der Waals surface area contributed by atoms with Crippen molar-refractivity contribution in [2.45, 2.75) is 18.2 Å². The highest BCUT2D eigenvalue weighted by Gasteiger charge is 2.17. The van der Waals surface area contributed by atoms with Crippen molar-refractivity contribution in [1.29, 1.82) is 0 Å². The molecule has 1 aromatic rings. The third-order valence-corrected chi connectivity index (χ3v) is 4.64. The lowest BCUT2D eigenvalue weighted by molar-refractivity contribution is -0.120. The number of carbonyl (C=O) groups is 1. The summed E-state index contributed by atoms with van der Waals surface area (Å²) in [5.74, 6) is 0.556. The molecule has 136 valence electrons. The highest BCUT2D eigenvalue weighted by atomic mass is 32.2. The molecule has 1 amide bonds. The van der Waals surface area contributed by atoms with Crippen LogP contribution in [0.25, 0.3) is 0 Å². The van der Waals surface area contributed by atoms with Gasteiger partial charge in [0.2, 0.25) is 15.9 Å². The first-order valence-electron chi connectivity index (χ1n) is 7.63. The minimum absolute atomic E-state index is 0.0176. The number of methoxy groups -OCH3 is 2. The van der Waals surface area contributed by atoms with Gasteiger partial charge in [-0.15, -0.1) is 0 Å². The molecule has 0 atom stereocenters. The topological polar surface area (TPSA) is 106 Å². The van der Waals surface area contributed by atoms with E-state index in [0.717, 1.165) is 6.54 Å². The number of likely N-dealkylation sites (N-methyl/N-ethyl adjacent to an activating group) is 1. The van der Waals surface area contributed by atoms with Crippen molar-refractivity contribution in [2.75, 3.05) is 40.4 Å². The lowest BCUT2D eigenvalue weighted by Crippen LogP contribution is -2.34. The summed E-state index contributed by atoms with van der Waals surface area (Å²) in [6, 6.07) is 4.30. The van der Waals surface area contributed by atoms with Crippen molar-refractivity contribution in [3.8, 4) is 11.5 Å². The van der Waals surface area contributed by atoms with Crippen molar-refractivity contribution in [3.63, 3.8) is 0 Å². The Morgan fingerprint density at radius 2 is 1.79 bits per heavy atom. The van der Waals surface area contributed by atoms with Gasteiger partial charge in [-0.3, -0.25) is 4.79 Å². The van der Waals surface area contributed by atoms with E-state index in [2.05, 4.69) is 15.4 Å². The van der Waals surface area contributed by atoms with E-state index in [9.17, 15) is 13.2 Å². The van der Waals surface area contributed by atoms with E-state index in [0.29, 0.717) is 24.6 Å². The Kier molecular flexibility index (Phi) is 8.51. The maximum atomic E-state index is 12.2. The van der Waals surface area contributed by atoms with E-state index in [-0.39, 0.29) is 23.8 Å². The molecule has 24 heavy (non-hydrogen) atoms. The second kappa shape index (κ2) is 10.1. The molecular weight excluding hydrogens is 334 g/mol. The Labute approximate surface area is 143 Å². The van der Waals surface area contributed by atoms with E-state index < -0.39 is 10.0 Å². The monoisotopic (exact) mass is 359 g/mol. The maximum absolute atomic E-state index is 12.2. The number of hydrogen-bond acceptors (Lipinski definition) is 6. The molecule has 0 aliphatic rings. The molecule has 8 nitrogen and oxygen atoms in total. The van der Waals surface area contributed by atoms with Gasteiger partial charge in [0.25, 0.3) is 0 Å². The van der Waals surface area contributed by atoms with E-state index in [1.54, 1.807) is 0 Å². The van der Waals surface area contributed by atoms with Crippen LogP contribution in [0, 0.1) is 0 Å². The van der Waals surface area contributed by atoms with Gasteiger partial charge in [-0.05, 0) is 18.7 Å². The largest absolute Gasteiger partial charge is 0.493 e. The molecular formula is C15H25N3O5S. The number of benzene rings is 1. The van der Waals surface area contributed by atoms with Gasteiger partial charge in [0.05, 0.1) is 19.1 Å². The summed E-state index contributed by atoms with van der Waals surface area (Å²) in [5.41, 5.74) is 0. The molecule has 0 unspecified atom stereocenters. The van der Waals surface area contributed by atoms with Crippen LogP contribution in [0.15, 0.2) is 23.1 Å². The highest BCUT2D eigenvalue weighted by Crippen LogP contribution is 2.29. The zero-order valence-corrected chi connectivity index (χ0v) is 15.0. The Bertz CT molecular complexity index is 634. The van der Waals surface area contributed by atoms with Crippen molar-refractivity contribution in [1.82, 2.24) is 15.4 Å². The highest BCUT2D eigenvalue weighted by molar-refractivity contribution is 7.89. The molecule has 1 aromatic carbocycles. The van der Waals surface area contributed by atoms with Gasteiger partial charge in [-0.2, -0.15) is 0 Å². The normalized spacial score (nSPS) is 11.1. The first-order valence-corrected chi connectivity index (χ1v) is 9.12. The van der Waals surface area contributed by atoms with E-state index in [1.807, 2.05) is 6.92 Å². The average Bonchev–Trinajstić information content (AvgIpc) is 2.57. The standard InChI is InChI=1S/C15H25N3O5S/c1-4-16-9-10-17-15(19)7-8-18-24(20,21)12-5-6-13(22-2)14(11-12)23-3/h5-6,11,16,18H,4,7-10H2,1-3H3,(H,17,19). The van der Waals surface area contributed by atoms with Crippen LogP contribution in [-0.4, -0.2) is 54.7 Å². The van der Waals surface area contributed by atoms with E-state index >= 15 is 0 Å². The number of sulfonamides is 1. The van der Waals surface area contributed by atoms with Crippen LogP contribution in [0.4, 0.5) is 0 Å². The van der Waals surface area contributed by atoms with Gasteiger partial charge in [-0.25, -0.2) is 13.1 Å². The molecule has 0 fully saturated rings. The predicted molar refractivity (Wildman–Crippen MR) is 90.9 cm³/mol. The fraction of sp³-hybridized carbons (Fsp3) is 0.533. The summed E-state index contributed by atoms with van der Waals surface area (Å²) in [5, 5.41) is 5.78. The lowest BCUT2D eigenvalue weighted by Gasteiger charge is -2.11. The van der Waals surface area contributed by atoms with Crippen molar-refractivity contribution in [2.24, 2.45) is 0 Å². The summed E-state index contributed by atoms with van der Waals surface area (Å²) in [6.45, 7) is 4.02. The maximum Gasteiger partial charge on any atom is 0.240 e. The molecule has 3 N–H and O–H groups in total. The number of nitrogens with one attached hydrogen (secondary N) is 3. The molecule has 0 radical (unpaired) electrons. The summed E-state index contributed by atoms with van der Waals surface area (Å²) in [4.78, 5) is 11.7. The van der Waals surface area contributed by atoms with E-state index in [1.165, 1.54) is 32.4 Å². The van der Waals surface area contributed by atoms with Crippen molar-refractivity contribution in [3.05, 3.63) is 18.2 Å². The first kappa shape index (κ1) is 20.2. The molecule has 0 spiro atoms. The summed E-state index contributed by atoms with van der Waals surface area (Å²) in [7, 11) is -0.819.